The Hall–Kier alpha value is -1.98. The van der Waals surface area contributed by atoms with E-state index in [0.717, 1.165) is 55.1 Å². The number of carbonyl (C=O) groups is 1. The SMILES string of the molecule is CCCCCC(C)(CON1C(C)(C)CCCC1(C)C)C(=O)Nc1cccc2cccnc12. The molecule has 1 unspecified atom stereocenters. The Balaban J connectivity index is 1.81. The van der Waals surface area contributed by atoms with Gasteiger partial charge in [0.2, 0.25) is 5.91 Å². The number of fused-ring (bicyclic) bond motifs is 1. The van der Waals surface area contributed by atoms with Gasteiger partial charge in [0.15, 0.2) is 0 Å². The van der Waals surface area contributed by atoms with Gasteiger partial charge in [-0.3, -0.25) is 14.6 Å². The van der Waals surface area contributed by atoms with Crippen LogP contribution >= 0.6 is 0 Å². The van der Waals surface area contributed by atoms with Crippen molar-refractivity contribution in [3.63, 3.8) is 0 Å². The van der Waals surface area contributed by atoms with Crippen molar-refractivity contribution >= 4 is 22.5 Å². The maximum absolute atomic E-state index is 13.6. The second-order valence-corrected chi connectivity index (χ2v) is 10.9. The van der Waals surface area contributed by atoms with E-state index in [2.05, 4.69) is 50.0 Å². The number of unbranched alkanes of at least 4 members (excludes halogenated alkanes) is 2. The van der Waals surface area contributed by atoms with Gasteiger partial charge in [-0.25, -0.2) is 0 Å². The van der Waals surface area contributed by atoms with Gasteiger partial charge in [-0.15, -0.1) is 0 Å². The van der Waals surface area contributed by atoms with Gasteiger partial charge < -0.3 is 5.32 Å². The van der Waals surface area contributed by atoms with Crippen molar-refractivity contribution in [1.29, 1.82) is 0 Å². The number of hydrogen-bond acceptors (Lipinski definition) is 4. The average Bonchev–Trinajstić information content (AvgIpc) is 2.73. The quantitative estimate of drug-likeness (QED) is 0.440. The molecule has 1 fully saturated rings. The van der Waals surface area contributed by atoms with Gasteiger partial charge >= 0.3 is 0 Å². The molecule has 0 radical (unpaired) electrons. The molecule has 2 aromatic rings. The average molecular weight is 440 g/mol. The van der Waals surface area contributed by atoms with Crippen molar-refractivity contribution in [2.75, 3.05) is 11.9 Å². The molecule has 0 saturated carbocycles. The predicted molar refractivity (Wildman–Crippen MR) is 132 cm³/mol. The van der Waals surface area contributed by atoms with E-state index in [1.54, 1.807) is 6.20 Å². The number of amides is 1. The number of aromatic nitrogens is 1. The number of piperidine rings is 1. The molecule has 1 aliphatic rings. The molecule has 1 saturated heterocycles. The molecule has 2 heterocycles. The minimum atomic E-state index is -0.629. The summed E-state index contributed by atoms with van der Waals surface area (Å²) in [6.07, 6.45) is 9.18. The molecule has 5 heteroatoms. The molecule has 1 aliphatic heterocycles. The van der Waals surface area contributed by atoms with Crippen molar-refractivity contribution in [1.82, 2.24) is 10.0 Å². The number of pyridine rings is 1. The highest BCUT2D eigenvalue weighted by Crippen LogP contribution is 2.40. The molecule has 0 aliphatic carbocycles. The van der Waals surface area contributed by atoms with E-state index in [1.807, 2.05) is 37.3 Å². The van der Waals surface area contributed by atoms with Crippen LogP contribution in [0.2, 0.25) is 0 Å². The number of anilines is 1. The molecular weight excluding hydrogens is 398 g/mol. The van der Waals surface area contributed by atoms with E-state index in [0.29, 0.717) is 6.61 Å². The number of nitrogens with zero attached hydrogens (tertiary/aromatic N) is 2. The molecule has 0 bridgehead atoms. The largest absolute Gasteiger partial charge is 0.324 e. The van der Waals surface area contributed by atoms with Gasteiger partial charge in [-0.05, 0) is 72.4 Å². The van der Waals surface area contributed by atoms with Gasteiger partial charge in [0, 0.05) is 22.7 Å². The van der Waals surface area contributed by atoms with Gasteiger partial charge in [-0.1, -0.05) is 44.4 Å². The third-order valence-corrected chi connectivity index (χ3v) is 6.95. The van der Waals surface area contributed by atoms with E-state index in [-0.39, 0.29) is 17.0 Å². The number of para-hydroxylation sites is 1. The fourth-order valence-corrected chi connectivity index (χ4v) is 5.03. The Bertz CT molecular complexity index is 903. The highest BCUT2D eigenvalue weighted by Gasteiger charge is 2.44. The number of hydroxylamine groups is 2. The standard InChI is InChI=1S/C27H41N3O2/c1-7-8-9-18-27(6,20-32-30-25(2,3)16-12-17-26(30,4)5)24(31)29-22-15-10-13-21-14-11-19-28-23(21)22/h10-11,13-15,19H,7-9,12,16-18,20H2,1-6H3,(H,29,31). The van der Waals surface area contributed by atoms with Crippen molar-refractivity contribution in [3.05, 3.63) is 36.5 Å². The summed E-state index contributed by atoms with van der Waals surface area (Å²) >= 11 is 0. The van der Waals surface area contributed by atoms with Gasteiger partial charge in [-0.2, -0.15) is 5.06 Å². The van der Waals surface area contributed by atoms with Crippen LogP contribution in [0.3, 0.4) is 0 Å². The maximum Gasteiger partial charge on any atom is 0.232 e. The number of benzene rings is 1. The summed E-state index contributed by atoms with van der Waals surface area (Å²) in [6, 6.07) is 9.84. The Morgan fingerprint density at radius 3 is 2.50 bits per heavy atom. The number of hydrogen-bond donors (Lipinski definition) is 1. The van der Waals surface area contributed by atoms with Crippen LogP contribution < -0.4 is 5.32 Å². The first-order chi connectivity index (χ1) is 15.1. The zero-order valence-electron chi connectivity index (χ0n) is 20.8. The predicted octanol–water partition coefficient (Wildman–Crippen LogP) is 6.73. The Morgan fingerprint density at radius 2 is 1.81 bits per heavy atom. The lowest BCUT2D eigenvalue weighted by molar-refractivity contribution is -0.290. The molecule has 0 spiro atoms. The number of rotatable bonds is 9. The van der Waals surface area contributed by atoms with E-state index in [9.17, 15) is 4.79 Å². The first-order valence-electron chi connectivity index (χ1n) is 12.2. The van der Waals surface area contributed by atoms with E-state index in [1.165, 1.54) is 6.42 Å². The van der Waals surface area contributed by atoms with Crippen molar-refractivity contribution in [3.8, 4) is 0 Å². The second kappa shape index (κ2) is 9.88. The summed E-state index contributed by atoms with van der Waals surface area (Å²) in [6.45, 7) is 13.6. The molecule has 5 nitrogen and oxygen atoms in total. The van der Waals surface area contributed by atoms with Crippen LogP contribution in [0.5, 0.6) is 0 Å². The van der Waals surface area contributed by atoms with Crippen LogP contribution in [0, 0.1) is 5.41 Å². The highest BCUT2D eigenvalue weighted by atomic mass is 16.7. The highest BCUT2D eigenvalue weighted by molar-refractivity contribution is 6.02. The molecule has 1 atom stereocenters. The molecule has 1 aromatic carbocycles. The minimum Gasteiger partial charge on any atom is -0.324 e. The summed E-state index contributed by atoms with van der Waals surface area (Å²) in [5, 5.41) is 6.36. The van der Waals surface area contributed by atoms with E-state index in [4.69, 9.17) is 4.84 Å². The summed E-state index contributed by atoms with van der Waals surface area (Å²) in [7, 11) is 0. The molecule has 1 N–H and O–H groups in total. The van der Waals surface area contributed by atoms with Crippen LogP contribution in [0.4, 0.5) is 5.69 Å². The van der Waals surface area contributed by atoms with Crippen molar-refractivity contribution < 1.29 is 9.63 Å². The van der Waals surface area contributed by atoms with Gasteiger partial charge in [0.1, 0.15) is 0 Å². The third-order valence-electron chi connectivity index (χ3n) is 6.95. The number of carbonyl (C=O) groups excluding carboxylic acids is 1. The Morgan fingerprint density at radius 1 is 1.12 bits per heavy atom. The maximum atomic E-state index is 13.6. The molecule has 176 valence electrons. The Labute approximate surface area is 193 Å². The molecule has 3 rings (SSSR count). The summed E-state index contributed by atoms with van der Waals surface area (Å²) < 4.78 is 0. The zero-order valence-corrected chi connectivity index (χ0v) is 20.8. The van der Waals surface area contributed by atoms with Crippen LogP contribution in [0.25, 0.3) is 10.9 Å². The second-order valence-electron chi connectivity index (χ2n) is 10.9. The van der Waals surface area contributed by atoms with Crippen LogP contribution in [-0.2, 0) is 9.63 Å². The summed E-state index contributed by atoms with van der Waals surface area (Å²) in [5.74, 6) is -0.000576. The summed E-state index contributed by atoms with van der Waals surface area (Å²) in [4.78, 5) is 24.6. The van der Waals surface area contributed by atoms with Crippen molar-refractivity contribution in [2.24, 2.45) is 5.41 Å². The topological polar surface area (TPSA) is 54.5 Å². The molecule has 32 heavy (non-hydrogen) atoms. The van der Waals surface area contributed by atoms with Crippen LogP contribution in [0.1, 0.15) is 86.5 Å². The lowest BCUT2D eigenvalue weighted by atomic mass is 9.82. The monoisotopic (exact) mass is 439 g/mol. The first-order valence-corrected chi connectivity index (χ1v) is 12.2. The fourth-order valence-electron chi connectivity index (χ4n) is 5.03. The molecule has 1 amide bonds. The normalized spacial score (nSPS) is 20.1. The lowest BCUT2D eigenvalue weighted by Crippen LogP contribution is -2.59. The molecule has 1 aromatic heterocycles. The number of nitrogens with one attached hydrogen (secondary N) is 1. The van der Waals surface area contributed by atoms with Crippen LogP contribution in [0.15, 0.2) is 36.5 Å². The lowest BCUT2D eigenvalue weighted by Gasteiger charge is -2.52. The fraction of sp³-hybridized carbons (Fsp3) is 0.630. The third kappa shape index (κ3) is 5.49. The Kier molecular flexibility index (Phi) is 7.61. The molecular formula is C27H41N3O2. The van der Waals surface area contributed by atoms with Crippen molar-refractivity contribution in [2.45, 2.75) is 97.6 Å². The van der Waals surface area contributed by atoms with E-state index < -0.39 is 5.41 Å². The first kappa shape index (κ1) is 24.7. The van der Waals surface area contributed by atoms with Gasteiger partial charge in [0.05, 0.1) is 23.2 Å². The zero-order chi connectivity index (χ0) is 23.4. The smallest absolute Gasteiger partial charge is 0.232 e. The minimum absolute atomic E-state index is 0.000576. The van der Waals surface area contributed by atoms with Crippen LogP contribution in [-0.4, -0.2) is 33.6 Å². The van der Waals surface area contributed by atoms with E-state index >= 15 is 0 Å². The van der Waals surface area contributed by atoms with Gasteiger partial charge in [0.25, 0.3) is 0 Å². The summed E-state index contributed by atoms with van der Waals surface area (Å²) in [5.41, 5.74) is 0.840.